The Morgan fingerprint density at radius 1 is 0.778 bits per heavy atom. The van der Waals surface area contributed by atoms with E-state index in [1.807, 2.05) is 84.1 Å². The molecule has 2 saturated carbocycles. The summed E-state index contributed by atoms with van der Waals surface area (Å²) in [6.07, 6.45) is 32.9. The summed E-state index contributed by atoms with van der Waals surface area (Å²) in [5, 5.41) is 24.3. The standard InChI is InChI=1S/C44H55N3O6S/c1-7-15-35(48)43(3,4)37-21-13-19-32-26-30(32)18-10-12-24-40-47-34(28-54-40)42(51)53-38(44(5,6)36(49)16-8-2)22-14-20-31-25-29(31)17-9-11-23-39-45-27-33(46-39)41(50)52-37/h7-20,23-24,27-32,35-38,48-49H,21-22,25-26H2,1-6H3,(H,45,46)/b15-7+,16-8+,17-9+,18-10+,19-13-,20-14-,23-11-,24-12-/t29-,30-,31+,32+,35+,36+,37+,38+/m1/s1. The van der Waals surface area contributed by atoms with Gasteiger partial charge in [-0.15, -0.1) is 11.3 Å². The van der Waals surface area contributed by atoms with Gasteiger partial charge >= 0.3 is 11.9 Å². The monoisotopic (exact) mass is 753 g/mol. The Hall–Kier alpha value is -4.38. The number of ether oxygens (including phenoxy) is 2. The van der Waals surface area contributed by atoms with Crippen molar-refractivity contribution in [2.45, 2.75) is 91.6 Å². The number of aromatic amines is 1. The summed E-state index contributed by atoms with van der Waals surface area (Å²) in [4.78, 5) is 38.6. The summed E-state index contributed by atoms with van der Waals surface area (Å²) in [5.41, 5.74) is -0.997. The predicted octanol–water partition coefficient (Wildman–Crippen LogP) is 8.86. The van der Waals surface area contributed by atoms with E-state index in [0.717, 1.165) is 12.8 Å². The van der Waals surface area contributed by atoms with Crippen molar-refractivity contribution < 1.29 is 29.3 Å². The molecule has 1 aliphatic heterocycles. The van der Waals surface area contributed by atoms with E-state index in [2.05, 4.69) is 39.3 Å². The number of allylic oxidation sites excluding steroid dienone is 10. The fourth-order valence-corrected chi connectivity index (χ4v) is 7.11. The Morgan fingerprint density at radius 3 is 1.85 bits per heavy atom. The molecule has 3 N–H and O–H groups in total. The third kappa shape index (κ3) is 10.9. The zero-order valence-electron chi connectivity index (χ0n) is 32.2. The quantitative estimate of drug-likeness (QED) is 0.197. The molecule has 0 radical (unpaired) electrons. The van der Waals surface area contributed by atoms with Gasteiger partial charge in [0.25, 0.3) is 0 Å². The largest absolute Gasteiger partial charge is 0.457 e. The Labute approximate surface area is 323 Å². The number of aliphatic hydroxyl groups excluding tert-OH is 2. The lowest BCUT2D eigenvalue weighted by Crippen LogP contribution is -2.42. The van der Waals surface area contributed by atoms with Gasteiger partial charge in [-0.2, -0.15) is 0 Å². The maximum atomic E-state index is 13.3. The Bertz CT molecular complexity index is 1710. The van der Waals surface area contributed by atoms with E-state index < -0.39 is 47.2 Å². The molecule has 4 bridgehead atoms. The van der Waals surface area contributed by atoms with Crippen molar-refractivity contribution in [3.05, 3.63) is 119 Å². The summed E-state index contributed by atoms with van der Waals surface area (Å²) in [7, 11) is 0. The average Bonchev–Trinajstić information content (AvgIpc) is 3.93. The van der Waals surface area contributed by atoms with Gasteiger partial charge in [-0.3, -0.25) is 0 Å². The molecule has 0 saturated heterocycles. The highest BCUT2D eigenvalue weighted by atomic mass is 32.1. The van der Waals surface area contributed by atoms with Crippen LogP contribution in [0.5, 0.6) is 0 Å². The normalized spacial score (nSPS) is 30.5. The minimum atomic E-state index is -0.806. The number of nitrogens with zero attached hydrogens (tertiary/aromatic N) is 2. The number of aromatic nitrogens is 3. The highest BCUT2D eigenvalue weighted by molar-refractivity contribution is 7.10. The van der Waals surface area contributed by atoms with Gasteiger partial charge in [0.05, 0.1) is 18.4 Å². The maximum Gasteiger partial charge on any atom is 0.358 e. The number of H-pyrrole nitrogens is 1. The molecule has 2 aromatic heterocycles. The first-order chi connectivity index (χ1) is 25.8. The lowest BCUT2D eigenvalue weighted by molar-refractivity contribution is -0.0461. The predicted molar refractivity (Wildman–Crippen MR) is 215 cm³/mol. The van der Waals surface area contributed by atoms with E-state index >= 15 is 0 Å². The fraction of sp³-hybridized carbons (Fsp3) is 0.455. The molecule has 2 aromatic rings. The second-order valence-corrected chi connectivity index (χ2v) is 16.5. The summed E-state index contributed by atoms with van der Waals surface area (Å²) in [5.74, 6) is 1.01. The molecule has 0 aromatic carbocycles. The molecular weight excluding hydrogens is 699 g/mol. The van der Waals surface area contributed by atoms with Gasteiger partial charge in [-0.25, -0.2) is 19.6 Å². The number of hydrogen-bond donors (Lipinski definition) is 3. The number of aliphatic hydroxyl groups is 2. The third-order valence-electron chi connectivity index (χ3n) is 10.7. The number of thiazole rings is 1. The van der Waals surface area contributed by atoms with Crippen LogP contribution < -0.4 is 0 Å². The van der Waals surface area contributed by atoms with Crippen LogP contribution >= 0.6 is 11.3 Å². The molecule has 10 heteroatoms. The first kappa shape index (κ1) is 40.8. The van der Waals surface area contributed by atoms with Gasteiger partial charge in [0.15, 0.2) is 5.69 Å². The van der Waals surface area contributed by atoms with Gasteiger partial charge in [0.1, 0.15) is 28.7 Å². The maximum absolute atomic E-state index is 13.3. The van der Waals surface area contributed by atoms with Crippen LogP contribution in [0.1, 0.15) is 99.0 Å². The van der Waals surface area contributed by atoms with Crippen LogP contribution in [0.4, 0.5) is 0 Å². The number of hydrogen-bond acceptors (Lipinski definition) is 9. The first-order valence-electron chi connectivity index (χ1n) is 18.9. The molecular formula is C44H55N3O6S. The molecule has 0 unspecified atom stereocenters. The molecule has 0 spiro atoms. The van der Waals surface area contributed by atoms with Gasteiger partial charge in [-0.1, -0.05) is 113 Å². The minimum absolute atomic E-state index is 0.246. The fourth-order valence-electron chi connectivity index (χ4n) is 6.42. The lowest BCUT2D eigenvalue weighted by atomic mass is 9.79. The van der Waals surface area contributed by atoms with Crippen LogP contribution in [-0.2, 0) is 9.47 Å². The number of cyclic esters (lactones) is 2. The Morgan fingerprint density at radius 2 is 1.30 bits per heavy atom. The van der Waals surface area contributed by atoms with Crippen LogP contribution in [-0.4, -0.2) is 61.5 Å². The minimum Gasteiger partial charge on any atom is -0.457 e. The molecule has 9 nitrogen and oxygen atoms in total. The Balaban J connectivity index is 1.35. The lowest BCUT2D eigenvalue weighted by Gasteiger charge is -2.36. The zero-order chi connectivity index (χ0) is 38.9. The molecule has 0 amide bonds. The number of rotatable bonds is 6. The smallest absolute Gasteiger partial charge is 0.358 e. The van der Waals surface area contributed by atoms with Crippen LogP contribution in [0.25, 0.3) is 12.2 Å². The van der Waals surface area contributed by atoms with E-state index in [-0.39, 0.29) is 11.4 Å². The van der Waals surface area contributed by atoms with Crippen LogP contribution in [0.15, 0.2) is 96.6 Å². The van der Waals surface area contributed by atoms with E-state index in [9.17, 15) is 19.8 Å². The molecule has 2 fully saturated rings. The molecule has 3 heterocycles. The van der Waals surface area contributed by atoms with E-state index in [4.69, 9.17) is 9.47 Å². The topological polar surface area (TPSA) is 135 Å². The highest BCUT2D eigenvalue weighted by Gasteiger charge is 2.40. The van der Waals surface area contributed by atoms with Crippen molar-refractivity contribution in [1.82, 2.24) is 15.0 Å². The summed E-state index contributed by atoms with van der Waals surface area (Å²) < 4.78 is 12.1. The number of imidazole rings is 1. The van der Waals surface area contributed by atoms with Gasteiger partial charge in [0.2, 0.25) is 0 Å². The van der Waals surface area contributed by atoms with Crippen molar-refractivity contribution >= 4 is 35.4 Å². The van der Waals surface area contributed by atoms with Gasteiger partial charge in [0, 0.05) is 29.1 Å². The van der Waals surface area contributed by atoms with Crippen LogP contribution in [0.2, 0.25) is 0 Å². The number of fused-ring (bicyclic) bond motifs is 6. The Kier molecular flexibility index (Phi) is 13.8. The second-order valence-electron chi connectivity index (χ2n) is 15.6. The van der Waals surface area contributed by atoms with Crippen LogP contribution in [0.3, 0.4) is 0 Å². The van der Waals surface area contributed by atoms with Crippen molar-refractivity contribution in [3.63, 3.8) is 0 Å². The SMILES string of the molecule is C/C=C/[C@H](O)C(C)(C)[C@@H]1C/C=C\[C@H]2C[C@H]2/C=C/C=C\c2ncc([nH]2)C(=O)O[C@H](C(C)(C)[C@@H](O)/C=C/C)C/C=C\[C@H]2C[C@H]2/C=C/C=C\c2nc(cs2)C(=O)O1. The molecule has 2 aliphatic carbocycles. The van der Waals surface area contributed by atoms with Gasteiger partial charge in [-0.05, 0) is 62.5 Å². The van der Waals surface area contributed by atoms with E-state index in [0.29, 0.717) is 47.3 Å². The van der Waals surface area contributed by atoms with Crippen molar-refractivity contribution in [2.75, 3.05) is 0 Å². The summed E-state index contributed by atoms with van der Waals surface area (Å²) in [6.45, 7) is 11.3. The summed E-state index contributed by atoms with van der Waals surface area (Å²) in [6, 6.07) is 0. The van der Waals surface area contributed by atoms with Crippen molar-refractivity contribution in [3.8, 4) is 0 Å². The number of esters is 2. The molecule has 54 heavy (non-hydrogen) atoms. The van der Waals surface area contributed by atoms with E-state index in [1.165, 1.54) is 17.5 Å². The number of carbonyl (C=O) groups excluding carboxylic acids is 2. The van der Waals surface area contributed by atoms with Crippen molar-refractivity contribution in [2.24, 2.45) is 34.5 Å². The molecule has 3 aliphatic rings. The second kappa shape index (κ2) is 18.3. The third-order valence-corrected chi connectivity index (χ3v) is 11.5. The molecule has 5 rings (SSSR count). The number of carbonyl (C=O) groups is 2. The van der Waals surface area contributed by atoms with Crippen LogP contribution in [0, 0.1) is 34.5 Å². The molecule has 8 atom stereocenters. The zero-order valence-corrected chi connectivity index (χ0v) is 33.0. The highest BCUT2D eigenvalue weighted by Crippen LogP contribution is 2.42. The molecule has 288 valence electrons. The summed E-state index contributed by atoms with van der Waals surface area (Å²) >= 11 is 1.37. The van der Waals surface area contributed by atoms with Gasteiger partial charge < -0.3 is 24.7 Å². The van der Waals surface area contributed by atoms with Crippen molar-refractivity contribution in [1.29, 1.82) is 0 Å². The average molecular weight is 754 g/mol. The first-order valence-corrected chi connectivity index (χ1v) is 19.8. The van der Waals surface area contributed by atoms with E-state index in [1.54, 1.807) is 35.8 Å². The number of nitrogens with one attached hydrogen (secondary N) is 1.